The number of nitrogens with zero attached hydrogens (tertiary/aromatic N) is 2. The number of ether oxygens (including phenoxy) is 3. The third kappa shape index (κ3) is 3.37. The van der Waals surface area contributed by atoms with Crippen LogP contribution >= 0.6 is 0 Å². The number of primary amides is 1. The van der Waals surface area contributed by atoms with Crippen LogP contribution in [0.3, 0.4) is 0 Å². The zero-order chi connectivity index (χ0) is 19.6. The van der Waals surface area contributed by atoms with E-state index in [4.69, 9.17) is 25.7 Å². The molecular formula is C18H19N5O4. The second kappa shape index (κ2) is 7.29. The van der Waals surface area contributed by atoms with Crippen LogP contribution in [0.4, 0.5) is 0 Å². The Hall–Kier alpha value is -3.67. The highest BCUT2D eigenvalue weighted by Gasteiger charge is 2.34. The normalized spacial score (nSPS) is 15.5. The van der Waals surface area contributed by atoms with Crippen molar-refractivity contribution >= 4 is 5.91 Å². The average molecular weight is 369 g/mol. The summed E-state index contributed by atoms with van der Waals surface area (Å²) in [5.41, 5.74) is 13.6. The van der Waals surface area contributed by atoms with Crippen LogP contribution in [0.25, 0.3) is 0 Å². The number of nitrogens with one attached hydrogen (secondary N) is 1. The topological polar surface area (TPSA) is 149 Å². The van der Waals surface area contributed by atoms with Crippen molar-refractivity contribution in [3.63, 3.8) is 0 Å². The van der Waals surface area contributed by atoms with Crippen LogP contribution in [0.2, 0.25) is 0 Å². The first-order valence-corrected chi connectivity index (χ1v) is 8.26. The molecule has 0 unspecified atom stereocenters. The van der Waals surface area contributed by atoms with E-state index < -0.39 is 11.8 Å². The molecule has 1 aliphatic heterocycles. The van der Waals surface area contributed by atoms with Gasteiger partial charge >= 0.3 is 0 Å². The number of carbonyl (C=O) groups excluding carboxylic acids is 1. The maximum atomic E-state index is 11.0. The van der Waals surface area contributed by atoms with Crippen LogP contribution in [0.15, 0.2) is 29.7 Å². The standard InChI is InChI=1S/C18H19N5O4/c1-3-25-13-6-10(4-5-12(13)26-8-14(20)24)16-11(7-19)17(21)27-18-15(16)9(2)22-23-18/h4-6,16H,3,8,21H2,1-2H3,(H2,20,24)(H,22,23)/t16-/m1/s1. The summed E-state index contributed by atoms with van der Waals surface area (Å²) in [5, 5.41) is 16.6. The Kier molecular flexibility index (Phi) is 4.90. The second-order valence-corrected chi connectivity index (χ2v) is 5.89. The van der Waals surface area contributed by atoms with Crippen molar-refractivity contribution in [1.82, 2.24) is 10.2 Å². The Morgan fingerprint density at radius 1 is 1.41 bits per heavy atom. The van der Waals surface area contributed by atoms with Crippen LogP contribution in [0.1, 0.15) is 29.7 Å². The predicted molar refractivity (Wildman–Crippen MR) is 94.9 cm³/mol. The number of rotatable bonds is 6. The van der Waals surface area contributed by atoms with E-state index in [0.717, 1.165) is 16.8 Å². The van der Waals surface area contributed by atoms with Gasteiger partial charge in [-0.3, -0.25) is 9.89 Å². The highest BCUT2D eigenvalue weighted by atomic mass is 16.5. The Balaban J connectivity index is 2.09. The van der Waals surface area contributed by atoms with Crippen molar-refractivity contribution in [2.75, 3.05) is 13.2 Å². The number of nitrogens with two attached hydrogens (primary N) is 2. The van der Waals surface area contributed by atoms with Gasteiger partial charge in [0.1, 0.15) is 11.6 Å². The number of benzene rings is 1. The first-order chi connectivity index (χ1) is 13.0. The van der Waals surface area contributed by atoms with E-state index in [-0.39, 0.29) is 18.1 Å². The highest BCUT2D eigenvalue weighted by Crippen LogP contribution is 2.44. The molecule has 0 saturated heterocycles. The van der Waals surface area contributed by atoms with Gasteiger partial charge in [-0.05, 0) is 31.5 Å². The van der Waals surface area contributed by atoms with Gasteiger partial charge in [-0.1, -0.05) is 6.07 Å². The lowest BCUT2D eigenvalue weighted by Crippen LogP contribution is -2.21. The van der Waals surface area contributed by atoms with Crippen molar-refractivity contribution in [1.29, 1.82) is 5.26 Å². The van der Waals surface area contributed by atoms with E-state index >= 15 is 0 Å². The number of amides is 1. The molecule has 2 aromatic rings. The fraction of sp³-hybridized carbons (Fsp3) is 0.278. The summed E-state index contributed by atoms with van der Waals surface area (Å²) >= 11 is 0. The van der Waals surface area contributed by atoms with E-state index in [1.807, 2.05) is 13.8 Å². The Morgan fingerprint density at radius 2 is 2.19 bits per heavy atom. The second-order valence-electron chi connectivity index (χ2n) is 5.89. The van der Waals surface area contributed by atoms with Crippen molar-refractivity contribution in [2.24, 2.45) is 11.5 Å². The Bertz CT molecular complexity index is 957. The minimum Gasteiger partial charge on any atom is -0.490 e. The lowest BCUT2D eigenvalue weighted by molar-refractivity contribution is -0.119. The average Bonchev–Trinajstić information content (AvgIpc) is 3.00. The van der Waals surface area contributed by atoms with Crippen LogP contribution in [-0.4, -0.2) is 29.3 Å². The molecule has 0 radical (unpaired) electrons. The lowest BCUT2D eigenvalue weighted by atomic mass is 9.84. The first-order valence-electron chi connectivity index (χ1n) is 8.26. The van der Waals surface area contributed by atoms with Gasteiger partial charge in [-0.15, -0.1) is 5.10 Å². The summed E-state index contributed by atoms with van der Waals surface area (Å²) < 4.78 is 16.5. The Morgan fingerprint density at radius 3 is 2.85 bits per heavy atom. The molecule has 1 aromatic heterocycles. The fourth-order valence-corrected chi connectivity index (χ4v) is 2.97. The molecule has 1 aliphatic rings. The summed E-state index contributed by atoms with van der Waals surface area (Å²) in [6, 6.07) is 7.31. The molecular weight excluding hydrogens is 350 g/mol. The molecule has 0 fully saturated rings. The number of aryl methyl sites for hydroxylation is 1. The third-order valence-electron chi connectivity index (χ3n) is 4.10. The van der Waals surface area contributed by atoms with E-state index in [2.05, 4.69) is 16.3 Å². The summed E-state index contributed by atoms with van der Waals surface area (Å²) in [6.45, 7) is 3.80. The van der Waals surface area contributed by atoms with Crippen molar-refractivity contribution in [2.45, 2.75) is 19.8 Å². The molecule has 0 bridgehead atoms. The number of aromatic nitrogens is 2. The molecule has 1 atom stereocenters. The number of aromatic amines is 1. The fourth-order valence-electron chi connectivity index (χ4n) is 2.97. The smallest absolute Gasteiger partial charge is 0.255 e. The SMILES string of the molecule is CCOc1cc([C@@H]2C(C#N)=C(N)Oc3n[nH]c(C)c32)ccc1OCC(N)=O. The molecule has 140 valence electrons. The number of H-pyrrole nitrogens is 1. The minimum atomic E-state index is -0.591. The molecule has 27 heavy (non-hydrogen) atoms. The molecule has 3 rings (SSSR count). The van der Waals surface area contributed by atoms with Gasteiger partial charge in [0.15, 0.2) is 18.1 Å². The van der Waals surface area contributed by atoms with Crippen molar-refractivity contribution in [3.8, 4) is 23.4 Å². The first kappa shape index (κ1) is 18.1. The Labute approximate surface area is 155 Å². The number of carbonyl (C=O) groups is 1. The van der Waals surface area contributed by atoms with Crippen molar-refractivity contribution < 1.29 is 19.0 Å². The number of nitriles is 1. The number of allylic oxidation sites excluding steroid dienone is 1. The predicted octanol–water partition coefficient (Wildman–Crippen LogP) is 1.20. The molecule has 1 amide bonds. The highest BCUT2D eigenvalue weighted by molar-refractivity contribution is 5.75. The molecule has 2 heterocycles. The minimum absolute atomic E-state index is 0.00788. The summed E-state index contributed by atoms with van der Waals surface area (Å²) in [6.07, 6.45) is 0. The van der Waals surface area contributed by atoms with Gasteiger partial charge in [-0.2, -0.15) is 5.26 Å². The van der Waals surface area contributed by atoms with Gasteiger partial charge in [-0.25, -0.2) is 0 Å². The maximum Gasteiger partial charge on any atom is 0.255 e. The van der Waals surface area contributed by atoms with Crippen LogP contribution in [-0.2, 0) is 4.79 Å². The molecule has 5 N–H and O–H groups in total. The van der Waals surface area contributed by atoms with E-state index in [1.54, 1.807) is 18.2 Å². The number of hydrogen-bond acceptors (Lipinski definition) is 7. The summed E-state index contributed by atoms with van der Waals surface area (Å²) in [7, 11) is 0. The van der Waals surface area contributed by atoms with Gasteiger partial charge in [0.2, 0.25) is 11.8 Å². The van der Waals surface area contributed by atoms with Crippen LogP contribution in [0.5, 0.6) is 17.4 Å². The van der Waals surface area contributed by atoms with Crippen LogP contribution < -0.4 is 25.7 Å². The zero-order valence-electron chi connectivity index (χ0n) is 14.9. The van der Waals surface area contributed by atoms with E-state index in [9.17, 15) is 10.1 Å². The maximum absolute atomic E-state index is 11.0. The van der Waals surface area contributed by atoms with Gasteiger partial charge < -0.3 is 25.7 Å². The molecule has 0 aliphatic carbocycles. The van der Waals surface area contributed by atoms with E-state index in [0.29, 0.717) is 24.0 Å². The van der Waals surface area contributed by atoms with Gasteiger partial charge in [0, 0.05) is 11.3 Å². The van der Waals surface area contributed by atoms with Gasteiger partial charge in [0.25, 0.3) is 5.91 Å². The number of hydrogen-bond donors (Lipinski definition) is 3. The molecule has 0 spiro atoms. The summed E-state index contributed by atoms with van der Waals surface area (Å²) in [4.78, 5) is 11.0. The zero-order valence-corrected chi connectivity index (χ0v) is 14.9. The lowest BCUT2D eigenvalue weighted by Gasteiger charge is -2.24. The third-order valence-corrected chi connectivity index (χ3v) is 4.10. The molecule has 9 heteroatoms. The van der Waals surface area contributed by atoms with Gasteiger partial charge in [0.05, 0.1) is 12.5 Å². The summed E-state index contributed by atoms with van der Waals surface area (Å²) in [5.74, 6) is 0.0934. The van der Waals surface area contributed by atoms with Crippen molar-refractivity contribution in [3.05, 3.63) is 46.5 Å². The van der Waals surface area contributed by atoms with E-state index in [1.165, 1.54) is 0 Å². The number of fused-ring (bicyclic) bond motifs is 1. The quantitative estimate of drug-likeness (QED) is 0.692. The largest absolute Gasteiger partial charge is 0.490 e. The molecule has 0 saturated carbocycles. The molecule has 9 nitrogen and oxygen atoms in total. The van der Waals surface area contributed by atoms with Crippen LogP contribution in [0, 0.1) is 18.3 Å². The molecule has 1 aromatic carbocycles. The monoisotopic (exact) mass is 369 g/mol.